The van der Waals surface area contributed by atoms with Crippen LogP contribution in [0.1, 0.15) is 17.5 Å². The molecule has 0 radical (unpaired) electrons. The topological polar surface area (TPSA) is 43.4 Å². The van der Waals surface area contributed by atoms with Crippen LogP contribution in [0.4, 0.5) is 0 Å². The number of halogens is 1. The molecule has 2 aromatic rings. The fourth-order valence-corrected chi connectivity index (χ4v) is 3.08. The van der Waals surface area contributed by atoms with Crippen LogP contribution in [-0.2, 0) is 15.5 Å². The number of aryl methyl sites for hydroxylation is 2. The molecule has 0 fully saturated rings. The van der Waals surface area contributed by atoms with E-state index >= 15 is 0 Å². The molecular formula is C16H17ClO3S. The van der Waals surface area contributed by atoms with Gasteiger partial charge in [-0.2, -0.15) is 0 Å². The van der Waals surface area contributed by atoms with Crippen molar-refractivity contribution in [3.05, 3.63) is 59.7 Å². The largest absolute Gasteiger partial charge is 0.492 e. The summed E-state index contributed by atoms with van der Waals surface area (Å²) in [4.78, 5) is 0.0314. The van der Waals surface area contributed by atoms with Crippen LogP contribution >= 0.6 is 10.7 Å². The maximum atomic E-state index is 11.5. The first kappa shape index (κ1) is 15.9. The van der Waals surface area contributed by atoms with Gasteiger partial charge < -0.3 is 4.74 Å². The van der Waals surface area contributed by atoms with Gasteiger partial charge in [0.25, 0.3) is 9.05 Å². The van der Waals surface area contributed by atoms with Crippen LogP contribution in [0.3, 0.4) is 0 Å². The highest BCUT2D eigenvalue weighted by molar-refractivity contribution is 8.13. The molecular weight excluding hydrogens is 308 g/mol. The minimum Gasteiger partial charge on any atom is -0.492 e. The van der Waals surface area contributed by atoms with Gasteiger partial charge in [-0.15, -0.1) is 0 Å². The van der Waals surface area contributed by atoms with Crippen molar-refractivity contribution in [2.24, 2.45) is 0 Å². The van der Waals surface area contributed by atoms with Crippen LogP contribution in [0.2, 0.25) is 0 Å². The SMILES string of the molecule is Cc1ccc(OCCCc2ccccc2)c(S(=O)(=O)Cl)c1. The number of rotatable bonds is 6. The normalized spacial score (nSPS) is 11.3. The minimum atomic E-state index is -3.80. The first-order valence-electron chi connectivity index (χ1n) is 6.69. The smallest absolute Gasteiger partial charge is 0.264 e. The predicted octanol–water partition coefficient (Wildman–Crippen LogP) is 3.93. The highest BCUT2D eigenvalue weighted by Gasteiger charge is 2.17. The zero-order chi connectivity index (χ0) is 15.3. The van der Waals surface area contributed by atoms with Gasteiger partial charge in [0.05, 0.1) is 6.61 Å². The molecule has 3 nitrogen and oxygen atoms in total. The molecule has 0 bridgehead atoms. The number of benzene rings is 2. The van der Waals surface area contributed by atoms with E-state index in [-0.39, 0.29) is 4.90 Å². The molecule has 0 aliphatic rings. The molecule has 0 saturated heterocycles. The van der Waals surface area contributed by atoms with Gasteiger partial charge in [0, 0.05) is 10.7 Å². The quantitative estimate of drug-likeness (QED) is 0.597. The Balaban J connectivity index is 1.98. The second kappa shape index (κ2) is 6.96. The Labute approximate surface area is 129 Å². The van der Waals surface area contributed by atoms with Crippen molar-refractivity contribution < 1.29 is 13.2 Å². The molecule has 2 rings (SSSR count). The molecule has 0 aliphatic carbocycles. The summed E-state index contributed by atoms with van der Waals surface area (Å²) in [6.45, 7) is 2.25. The molecule has 5 heteroatoms. The Bertz CT molecular complexity index is 697. The number of ether oxygens (including phenoxy) is 1. The molecule has 21 heavy (non-hydrogen) atoms. The van der Waals surface area contributed by atoms with Gasteiger partial charge in [0.2, 0.25) is 0 Å². The molecule has 0 atom stereocenters. The third-order valence-corrected chi connectivity index (χ3v) is 4.42. The summed E-state index contributed by atoms with van der Waals surface area (Å²) in [5.74, 6) is 0.309. The third kappa shape index (κ3) is 4.76. The lowest BCUT2D eigenvalue weighted by molar-refractivity contribution is 0.303. The van der Waals surface area contributed by atoms with Crippen LogP contribution in [0.5, 0.6) is 5.75 Å². The average Bonchev–Trinajstić information content (AvgIpc) is 2.45. The van der Waals surface area contributed by atoms with Gasteiger partial charge in [-0.1, -0.05) is 36.4 Å². The molecule has 2 aromatic carbocycles. The van der Waals surface area contributed by atoms with Crippen LogP contribution in [0.25, 0.3) is 0 Å². The summed E-state index contributed by atoms with van der Waals surface area (Å²) in [5.41, 5.74) is 2.06. The Hall–Kier alpha value is -1.52. The zero-order valence-corrected chi connectivity index (χ0v) is 13.3. The molecule has 112 valence electrons. The van der Waals surface area contributed by atoms with Gasteiger partial charge in [-0.25, -0.2) is 8.42 Å². The van der Waals surface area contributed by atoms with Crippen LogP contribution in [0, 0.1) is 6.92 Å². The van der Waals surface area contributed by atoms with Crippen molar-refractivity contribution in [1.29, 1.82) is 0 Å². The van der Waals surface area contributed by atoms with Crippen molar-refractivity contribution in [1.82, 2.24) is 0 Å². The van der Waals surface area contributed by atoms with Crippen LogP contribution in [0.15, 0.2) is 53.4 Å². The van der Waals surface area contributed by atoms with Crippen LogP contribution < -0.4 is 4.74 Å². The summed E-state index contributed by atoms with van der Waals surface area (Å²) in [6.07, 6.45) is 1.69. The van der Waals surface area contributed by atoms with Gasteiger partial charge >= 0.3 is 0 Å². The molecule has 0 saturated carbocycles. The lowest BCUT2D eigenvalue weighted by Crippen LogP contribution is -2.03. The summed E-state index contributed by atoms with van der Waals surface area (Å²) in [6, 6.07) is 15.0. The molecule has 0 spiro atoms. The zero-order valence-electron chi connectivity index (χ0n) is 11.8. The second-order valence-electron chi connectivity index (χ2n) is 4.83. The maximum Gasteiger partial charge on any atom is 0.264 e. The maximum absolute atomic E-state index is 11.5. The van der Waals surface area contributed by atoms with E-state index in [1.165, 1.54) is 11.6 Å². The van der Waals surface area contributed by atoms with Crippen molar-refractivity contribution in [2.75, 3.05) is 6.61 Å². The fourth-order valence-electron chi connectivity index (χ4n) is 2.03. The van der Waals surface area contributed by atoms with Gasteiger partial charge in [0.1, 0.15) is 10.6 Å². The third-order valence-electron chi connectivity index (χ3n) is 3.07. The summed E-state index contributed by atoms with van der Waals surface area (Å²) in [7, 11) is 1.64. The van der Waals surface area contributed by atoms with Gasteiger partial charge in [-0.3, -0.25) is 0 Å². The van der Waals surface area contributed by atoms with E-state index in [9.17, 15) is 8.42 Å². The van der Waals surface area contributed by atoms with E-state index in [4.69, 9.17) is 15.4 Å². The van der Waals surface area contributed by atoms with E-state index < -0.39 is 9.05 Å². The van der Waals surface area contributed by atoms with Crippen molar-refractivity contribution in [3.8, 4) is 5.75 Å². The minimum absolute atomic E-state index is 0.0314. The Morgan fingerprint density at radius 1 is 1.10 bits per heavy atom. The first-order chi connectivity index (χ1) is 9.97. The lowest BCUT2D eigenvalue weighted by Gasteiger charge is -2.10. The number of hydrogen-bond acceptors (Lipinski definition) is 3. The Morgan fingerprint density at radius 2 is 1.81 bits per heavy atom. The molecule has 0 unspecified atom stereocenters. The fraction of sp³-hybridized carbons (Fsp3) is 0.250. The second-order valence-corrected chi connectivity index (χ2v) is 7.36. The van der Waals surface area contributed by atoms with Gasteiger partial charge in [0.15, 0.2) is 0 Å². The van der Waals surface area contributed by atoms with Gasteiger partial charge in [-0.05, 0) is 43.0 Å². The predicted molar refractivity (Wildman–Crippen MR) is 84.5 cm³/mol. The molecule has 0 aromatic heterocycles. The molecule has 0 N–H and O–H groups in total. The van der Waals surface area contributed by atoms with E-state index in [1.807, 2.05) is 25.1 Å². The average molecular weight is 325 g/mol. The van der Waals surface area contributed by atoms with E-state index in [2.05, 4.69) is 12.1 Å². The van der Waals surface area contributed by atoms with Crippen molar-refractivity contribution >= 4 is 19.7 Å². The molecule has 0 amide bonds. The standard InChI is InChI=1S/C16H17ClO3S/c1-13-9-10-15(16(12-13)21(17,18)19)20-11-5-8-14-6-3-2-4-7-14/h2-4,6-7,9-10,12H,5,8,11H2,1H3. The first-order valence-corrected chi connectivity index (χ1v) is 9.00. The van der Waals surface area contributed by atoms with Crippen molar-refractivity contribution in [2.45, 2.75) is 24.7 Å². The molecule has 0 aliphatic heterocycles. The van der Waals surface area contributed by atoms with Crippen LogP contribution in [-0.4, -0.2) is 15.0 Å². The van der Waals surface area contributed by atoms with Crippen molar-refractivity contribution in [3.63, 3.8) is 0 Å². The Kier molecular flexibility index (Phi) is 5.26. The monoisotopic (exact) mass is 324 g/mol. The lowest BCUT2D eigenvalue weighted by atomic mass is 10.1. The molecule has 0 heterocycles. The summed E-state index contributed by atoms with van der Waals surface area (Å²) < 4.78 is 28.7. The summed E-state index contributed by atoms with van der Waals surface area (Å²) in [5, 5.41) is 0. The van der Waals surface area contributed by atoms with E-state index in [0.29, 0.717) is 12.4 Å². The highest BCUT2D eigenvalue weighted by Crippen LogP contribution is 2.28. The Morgan fingerprint density at radius 3 is 2.48 bits per heavy atom. The highest BCUT2D eigenvalue weighted by atomic mass is 35.7. The van der Waals surface area contributed by atoms with E-state index in [1.54, 1.807) is 12.1 Å². The van der Waals surface area contributed by atoms with E-state index in [0.717, 1.165) is 18.4 Å². The summed E-state index contributed by atoms with van der Waals surface area (Å²) >= 11 is 0. The number of hydrogen-bond donors (Lipinski definition) is 0.